The molecule has 0 bridgehead atoms. The van der Waals surface area contributed by atoms with Crippen LogP contribution in [0.25, 0.3) is 0 Å². The molecule has 0 spiro atoms. The lowest BCUT2D eigenvalue weighted by atomic mass is 10.1. The van der Waals surface area contributed by atoms with Crippen LogP contribution >= 0.6 is 46.9 Å². The molecule has 0 fully saturated rings. The molecular formula is C15H18Cl3NO2S. The van der Waals surface area contributed by atoms with Crippen molar-refractivity contribution in [2.75, 3.05) is 20.2 Å². The number of nitrogens with one attached hydrogen (secondary N) is 1. The lowest BCUT2D eigenvalue weighted by Crippen LogP contribution is -2.23. The number of aliphatic hydroxyl groups is 1. The summed E-state index contributed by atoms with van der Waals surface area (Å²) >= 11 is 13.1. The van der Waals surface area contributed by atoms with Crippen LogP contribution in [0.2, 0.25) is 9.36 Å². The standard InChI is InChI=1S/C15H17Cl2NO2S.ClH/c1-20-11-4-2-10(3-5-11)6-7-18-9-13(19)14-8-12(16)15(17)21-14;/h2-5,8,13,18-19H,6-7,9H2,1H3;1H. The molecule has 0 saturated heterocycles. The van der Waals surface area contributed by atoms with Crippen molar-refractivity contribution in [3.8, 4) is 5.75 Å². The molecule has 0 saturated carbocycles. The van der Waals surface area contributed by atoms with Crippen LogP contribution in [-0.2, 0) is 6.42 Å². The van der Waals surface area contributed by atoms with E-state index in [1.165, 1.54) is 16.9 Å². The van der Waals surface area contributed by atoms with Crippen molar-refractivity contribution in [2.45, 2.75) is 12.5 Å². The maximum Gasteiger partial charge on any atom is 0.118 e. The molecule has 0 amide bonds. The van der Waals surface area contributed by atoms with Crippen LogP contribution in [-0.4, -0.2) is 25.3 Å². The minimum Gasteiger partial charge on any atom is -0.497 e. The maximum atomic E-state index is 10.0. The highest BCUT2D eigenvalue weighted by Gasteiger charge is 2.12. The molecular weight excluding hydrogens is 365 g/mol. The Kier molecular flexibility index (Phi) is 8.54. The van der Waals surface area contributed by atoms with Crippen molar-refractivity contribution in [2.24, 2.45) is 0 Å². The minimum absolute atomic E-state index is 0. The molecule has 2 aromatic rings. The normalized spacial score (nSPS) is 11.8. The Balaban J connectivity index is 0.00000242. The van der Waals surface area contributed by atoms with Gasteiger partial charge in [-0.2, -0.15) is 0 Å². The van der Waals surface area contributed by atoms with E-state index >= 15 is 0 Å². The van der Waals surface area contributed by atoms with Gasteiger partial charge in [0.2, 0.25) is 0 Å². The lowest BCUT2D eigenvalue weighted by molar-refractivity contribution is 0.179. The van der Waals surface area contributed by atoms with Gasteiger partial charge in [-0.25, -0.2) is 0 Å². The molecule has 122 valence electrons. The SMILES string of the molecule is COc1ccc(CCNCC(O)c2cc(Cl)c(Cl)s2)cc1.Cl. The third-order valence-electron chi connectivity index (χ3n) is 3.08. The Morgan fingerprint density at radius 3 is 2.50 bits per heavy atom. The van der Waals surface area contributed by atoms with Gasteiger partial charge in [-0.3, -0.25) is 0 Å². The van der Waals surface area contributed by atoms with E-state index in [1.54, 1.807) is 13.2 Å². The molecule has 22 heavy (non-hydrogen) atoms. The fourth-order valence-electron chi connectivity index (χ4n) is 1.89. The predicted octanol–water partition coefficient (Wildman–Crippen LogP) is 4.35. The number of aliphatic hydroxyl groups excluding tert-OH is 1. The van der Waals surface area contributed by atoms with Gasteiger partial charge < -0.3 is 15.2 Å². The van der Waals surface area contributed by atoms with Crippen LogP contribution < -0.4 is 10.1 Å². The van der Waals surface area contributed by atoms with Crippen LogP contribution in [0, 0.1) is 0 Å². The molecule has 1 aromatic heterocycles. The van der Waals surface area contributed by atoms with Crippen LogP contribution in [0.5, 0.6) is 5.75 Å². The van der Waals surface area contributed by atoms with Crippen molar-refractivity contribution < 1.29 is 9.84 Å². The number of halogens is 3. The molecule has 0 aliphatic carbocycles. The lowest BCUT2D eigenvalue weighted by Gasteiger charge is -2.10. The van der Waals surface area contributed by atoms with E-state index in [0.29, 0.717) is 15.9 Å². The van der Waals surface area contributed by atoms with Gasteiger partial charge in [0, 0.05) is 11.4 Å². The number of hydrogen-bond donors (Lipinski definition) is 2. The second-order valence-corrected chi connectivity index (χ2v) is 6.68. The Bertz CT molecular complexity index is 555. The van der Waals surface area contributed by atoms with E-state index in [2.05, 4.69) is 5.32 Å². The second kappa shape index (κ2) is 9.60. The van der Waals surface area contributed by atoms with Crippen molar-refractivity contribution in [3.05, 3.63) is 50.1 Å². The first-order valence-corrected chi connectivity index (χ1v) is 8.14. The highest BCUT2D eigenvalue weighted by molar-refractivity contribution is 7.17. The first kappa shape index (κ1) is 19.6. The average molecular weight is 383 g/mol. The van der Waals surface area contributed by atoms with Gasteiger partial charge in [0.05, 0.1) is 12.1 Å². The highest BCUT2D eigenvalue weighted by Crippen LogP contribution is 2.34. The zero-order valence-electron chi connectivity index (χ0n) is 12.0. The van der Waals surface area contributed by atoms with Gasteiger partial charge >= 0.3 is 0 Å². The average Bonchev–Trinajstić information content (AvgIpc) is 2.84. The third kappa shape index (κ3) is 5.61. The van der Waals surface area contributed by atoms with E-state index in [4.69, 9.17) is 27.9 Å². The Morgan fingerprint density at radius 1 is 1.27 bits per heavy atom. The fraction of sp³-hybridized carbons (Fsp3) is 0.333. The molecule has 0 radical (unpaired) electrons. The second-order valence-electron chi connectivity index (χ2n) is 4.59. The van der Waals surface area contributed by atoms with Crippen molar-refractivity contribution in [1.29, 1.82) is 0 Å². The Hall–Kier alpha value is -0.490. The molecule has 0 aliphatic heterocycles. The van der Waals surface area contributed by atoms with E-state index in [0.717, 1.165) is 23.6 Å². The minimum atomic E-state index is -0.587. The van der Waals surface area contributed by atoms with Gasteiger partial charge in [-0.1, -0.05) is 35.3 Å². The molecule has 1 atom stereocenters. The molecule has 1 aromatic carbocycles. The zero-order valence-corrected chi connectivity index (χ0v) is 15.2. The maximum absolute atomic E-state index is 10.0. The number of methoxy groups -OCH3 is 1. The summed E-state index contributed by atoms with van der Waals surface area (Å²) in [6, 6.07) is 9.68. The first-order chi connectivity index (χ1) is 10.1. The number of benzene rings is 1. The molecule has 1 unspecified atom stereocenters. The fourth-order valence-corrected chi connectivity index (χ4v) is 3.27. The third-order valence-corrected chi connectivity index (χ3v) is 5.05. The Morgan fingerprint density at radius 2 is 1.95 bits per heavy atom. The van der Waals surface area contributed by atoms with Crippen LogP contribution in [0.1, 0.15) is 16.5 Å². The topological polar surface area (TPSA) is 41.5 Å². The largest absolute Gasteiger partial charge is 0.497 e. The summed E-state index contributed by atoms with van der Waals surface area (Å²) in [5.41, 5.74) is 1.22. The van der Waals surface area contributed by atoms with Crippen LogP contribution in [0.4, 0.5) is 0 Å². The summed E-state index contributed by atoms with van der Waals surface area (Å²) in [5, 5.41) is 13.8. The molecule has 0 aliphatic rings. The Labute approximate surface area is 150 Å². The van der Waals surface area contributed by atoms with Gasteiger partial charge in [0.15, 0.2) is 0 Å². The van der Waals surface area contributed by atoms with E-state index in [-0.39, 0.29) is 12.4 Å². The van der Waals surface area contributed by atoms with Gasteiger partial charge in [-0.15, -0.1) is 23.7 Å². The summed E-state index contributed by atoms with van der Waals surface area (Å²) in [6.07, 6.45) is 0.304. The summed E-state index contributed by atoms with van der Waals surface area (Å²) in [6.45, 7) is 1.26. The zero-order chi connectivity index (χ0) is 15.2. The van der Waals surface area contributed by atoms with Crippen molar-refractivity contribution in [1.82, 2.24) is 5.32 Å². The summed E-state index contributed by atoms with van der Waals surface area (Å²) in [5.74, 6) is 0.855. The van der Waals surface area contributed by atoms with Crippen molar-refractivity contribution >= 4 is 46.9 Å². The smallest absolute Gasteiger partial charge is 0.118 e. The molecule has 2 N–H and O–H groups in total. The number of thiophene rings is 1. The number of ether oxygens (including phenoxy) is 1. The van der Waals surface area contributed by atoms with Crippen LogP contribution in [0.3, 0.4) is 0 Å². The first-order valence-electron chi connectivity index (χ1n) is 6.56. The van der Waals surface area contributed by atoms with Crippen LogP contribution in [0.15, 0.2) is 30.3 Å². The van der Waals surface area contributed by atoms with Gasteiger partial charge in [0.1, 0.15) is 16.2 Å². The molecule has 2 rings (SSSR count). The summed E-state index contributed by atoms with van der Waals surface area (Å²) < 4.78 is 5.64. The summed E-state index contributed by atoms with van der Waals surface area (Å²) in [7, 11) is 1.65. The van der Waals surface area contributed by atoms with Gasteiger partial charge in [0.25, 0.3) is 0 Å². The monoisotopic (exact) mass is 381 g/mol. The molecule has 1 heterocycles. The van der Waals surface area contributed by atoms with E-state index in [1.807, 2.05) is 24.3 Å². The number of hydrogen-bond acceptors (Lipinski definition) is 4. The quantitative estimate of drug-likeness (QED) is 0.699. The van der Waals surface area contributed by atoms with E-state index in [9.17, 15) is 5.11 Å². The van der Waals surface area contributed by atoms with Crippen molar-refractivity contribution in [3.63, 3.8) is 0 Å². The molecule has 7 heteroatoms. The number of rotatable bonds is 7. The predicted molar refractivity (Wildman–Crippen MR) is 96.1 cm³/mol. The molecule has 3 nitrogen and oxygen atoms in total. The summed E-state index contributed by atoms with van der Waals surface area (Å²) in [4.78, 5) is 0.780. The van der Waals surface area contributed by atoms with E-state index < -0.39 is 6.10 Å². The highest BCUT2D eigenvalue weighted by atomic mass is 35.5. The van der Waals surface area contributed by atoms with Gasteiger partial charge in [-0.05, 0) is 36.7 Å².